The van der Waals surface area contributed by atoms with E-state index in [2.05, 4.69) is 42.9 Å². The SMILES string of the molecule is CNCc1c(-c2ccc(Br)s2)ncn1C. The van der Waals surface area contributed by atoms with E-state index in [1.54, 1.807) is 11.3 Å². The molecule has 0 atom stereocenters. The molecule has 0 aromatic carbocycles. The van der Waals surface area contributed by atoms with Crippen LogP contribution in [0.4, 0.5) is 0 Å². The molecule has 0 amide bonds. The molecule has 0 saturated carbocycles. The molecule has 0 saturated heterocycles. The highest BCUT2D eigenvalue weighted by Gasteiger charge is 2.11. The van der Waals surface area contributed by atoms with Crippen molar-refractivity contribution in [3.05, 3.63) is 27.9 Å². The van der Waals surface area contributed by atoms with E-state index in [1.807, 2.05) is 20.4 Å². The first-order chi connectivity index (χ1) is 7.22. The van der Waals surface area contributed by atoms with Crippen molar-refractivity contribution in [3.8, 4) is 10.6 Å². The highest BCUT2D eigenvalue weighted by Crippen LogP contribution is 2.32. The van der Waals surface area contributed by atoms with Crippen molar-refractivity contribution in [2.75, 3.05) is 7.05 Å². The van der Waals surface area contributed by atoms with Gasteiger partial charge in [-0.25, -0.2) is 4.98 Å². The van der Waals surface area contributed by atoms with Gasteiger partial charge in [-0.15, -0.1) is 11.3 Å². The first kappa shape index (κ1) is 10.9. The molecule has 0 fully saturated rings. The van der Waals surface area contributed by atoms with E-state index in [-0.39, 0.29) is 0 Å². The molecule has 2 rings (SSSR count). The largest absolute Gasteiger partial charge is 0.336 e. The molecule has 2 aromatic rings. The van der Waals surface area contributed by atoms with E-state index in [1.165, 1.54) is 10.6 Å². The normalized spacial score (nSPS) is 10.9. The lowest BCUT2D eigenvalue weighted by molar-refractivity contribution is 0.736. The second kappa shape index (κ2) is 4.47. The third kappa shape index (κ3) is 2.14. The maximum atomic E-state index is 4.43. The standard InChI is InChI=1S/C10H12BrN3S/c1-12-5-7-10(13-6-14(7)2)8-3-4-9(11)15-8/h3-4,6,12H,5H2,1-2H3. The Kier molecular flexibility index (Phi) is 3.23. The van der Waals surface area contributed by atoms with E-state index in [0.717, 1.165) is 16.0 Å². The van der Waals surface area contributed by atoms with Gasteiger partial charge in [-0.2, -0.15) is 0 Å². The minimum Gasteiger partial charge on any atom is -0.336 e. The van der Waals surface area contributed by atoms with Gasteiger partial charge in [0.25, 0.3) is 0 Å². The fourth-order valence-electron chi connectivity index (χ4n) is 1.48. The van der Waals surface area contributed by atoms with Crippen LogP contribution in [0.3, 0.4) is 0 Å². The molecule has 0 aliphatic rings. The predicted molar refractivity (Wildman–Crippen MR) is 67.0 cm³/mol. The molecule has 80 valence electrons. The minimum absolute atomic E-state index is 0.835. The summed E-state index contributed by atoms with van der Waals surface area (Å²) in [6.45, 7) is 0.835. The fraction of sp³-hybridized carbons (Fsp3) is 0.300. The van der Waals surface area contributed by atoms with Gasteiger partial charge in [-0.05, 0) is 35.1 Å². The van der Waals surface area contributed by atoms with Crippen LogP contribution in [0.2, 0.25) is 0 Å². The average Bonchev–Trinajstić information content (AvgIpc) is 2.76. The van der Waals surface area contributed by atoms with Gasteiger partial charge in [-0.1, -0.05) is 0 Å². The summed E-state index contributed by atoms with van der Waals surface area (Å²) in [5, 5.41) is 3.16. The Morgan fingerprint density at radius 1 is 1.53 bits per heavy atom. The van der Waals surface area contributed by atoms with E-state index in [4.69, 9.17) is 0 Å². The zero-order valence-corrected chi connectivity index (χ0v) is 11.0. The number of aromatic nitrogens is 2. The van der Waals surface area contributed by atoms with Gasteiger partial charge >= 0.3 is 0 Å². The van der Waals surface area contributed by atoms with Crippen molar-refractivity contribution in [2.45, 2.75) is 6.54 Å². The number of hydrogen-bond acceptors (Lipinski definition) is 3. The summed E-state index contributed by atoms with van der Waals surface area (Å²) >= 11 is 5.18. The lowest BCUT2D eigenvalue weighted by atomic mass is 10.2. The molecule has 0 radical (unpaired) electrons. The molecular formula is C10H12BrN3S. The van der Waals surface area contributed by atoms with Crippen LogP contribution in [-0.2, 0) is 13.6 Å². The van der Waals surface area contributed by atoms with Crippen LogP contribution in [0.25, 0.3) is 10.6 Å². The van der Waals surface area contributed by atoms with E-state index < -0.39 is 0 Å². The van der Waals surface area contributed by atoms with Crippen molar-refractivity contribution < 1.29 is 0 Å². The van der Waals surface area contributed by atoms with Gasteiger partial charge in [0.1, 0.15) is 5.69 Å². The van der Waals surface area contributed by atoms with Crippen LogP contribution >= 0.6 is 27.3 Å². The van der Waals surface area contributed by atoms with Crippen LogP contribution in [0.15, 0.2) is 22.2 Å². The maximum absolute atomic E-state index is 4.43. The van der Waals surface area contributed by atoms with Gasteiger partial charge < -0.3 is 9.88 Å². The number of hydrogen-bond donors (Lipinski definition) is 1. The van der Waals surface area contributed by atoms with Crippen molar-refractivity contribution >= 4 is 27.3 Å². The summed E-state index contributed by atoms with van der Waals surface area (Å²) in [6, 6.07) is 4.15. The van der Waals surface area contributed by atoms with Crippen molar-refractivity contribution in [2.24, 2.45) is 7.05 Å². The summed E-state index contributed by atoms with van der Waals surface area (Å²) in [7, 11) is 3.97. The summed E-state index contributed by atoms with van der Waals surface area (Å²) in [5.41, 5.74) is 2.29. The highest BCUT2D eigenvalue weighted by molar-refractivity contribution is 9.11. The van der Waals surface area contributed by atoms with Crippen LogP contribution < -0.4 is 5.32 Å². The highest BCUT2D eigenvalue weighted by atomic mass is 79.9. The lowest BCUT2D eigenvalue weighted by Gasteiger charge is -2.03. The van der Waals surface area contributed by atoms with E-state index in [0.29, 0.717) is 0 Å². The third-order valence-corrected chi connectivity index (χ3v) is 3.84. The summed E-state index contributed by atoms with van der Waals surface area (Å²) in [5.74, 6) is 0. The van der Waals surface area contributed by atoms with Gasteiger partial charge in [-0.3, -0.25) is 0 Å². The Labute approximate surface area is 101 Å². The second-order valence-electron chi connectivity index (χ2n) is 3.28. The topological polar surface area (TPSA) is 29.9 Å². The van der Waals surface area contributed by atoms with Gasteiger partial charge in [0.05, 0.1) is 20.7 Å². The van der Waals surface area contributed by atoms with Crippen LogP contribution in [0.5, 0.6) is 0 Å². The molecule has 0 bridgehead atoms. The van der Waals surface area contributed by atoms with Crippen molar-refractivity contribution in [3.63, 3.8) is 0 Å². The minimum atomic E-state index is 0.835. The molecule has 0 unspecified atom stereocenters. The van der Waals surface area contributed by atoms with Crippen LogP contribution in [-0.4, -0.2) is 16.6 Å². The molecule has 0 aliphatic carbocycles. The summed E-state index contributed by atoms with van der Waals surface area (Å²) in [4.78, 5) is 5.63. The van der Waals surface area contributed by atoms with Crippen LogP contribution in [0, 0.1) is 0 Å². The Balaban J connectivity index is 2.43. The molecule has 5 heteroatoms. The number of rotatable bonds is 3. The molecular weight excluding hydrogens is 274 g/mol. The number of nitrogens with one attached hydrogen (secondary N) is 1. The van der Waals surface area contributed by atoms with E-state index in [9.17, 15) is 0 Å². The Morgan fingerprint density at radius 2 is 2.33 bits per heavy atom. The average molecular weight is 286 g/mol. The van der Waals surface area contributed by atoms with Gasteiger partial charge in [0.2, 0.25) is 0 Å². The monoisotopic (exact) mass is 285 g/mol. The van der Waals surface area contributed by atoms with Crippen molar-refractivity contribution in [1.82, 2.24) is 14.9 Å². The van der Waals surface area contributed by atoms with Gasteiger partial charge in [0, 0.05) is 13.6 Å². The molecule has 0 aliphatic heterocycles. The second-order valence-corrected chi connectivity index (χ2v) is 5.75. The number of thiophene rings is 1. The number of nitrogens with zero attached hydrogens (tertiary/aromatic N) is 2. The lowest BCUT2D eigenvalue weighted by Crippen LogP contribution is -2.09. The molecule has 15 heavy (non-hydrogen) atoms. The Bertz CT molecular complexity index is 461. The van der Waals surface area contributed by atoms with Crippen molar-refractivity contribution in [1.29, 1.82) is 0 Å². The molecule has 2 heterocycles. The quantitative estimate of drug-likeness (QED) is 0.940. The maximum Gasteiger partial charge on any atom is 0.103 e. The Morgan fingerprint density at radius 3 is 2.93 bits per heavy atom. The fourth-order valence-corrected chi connectivity index (χ4v) is 2.88. The smallest absolute Gasteiger partial charge is 0.103 e. The molecule has 1 N–H and O–H groups in total. The first-order valence-electron chi connectivity index (χ1n) is 4.63. The van der Waals surface area contributed by atoms with Gasteiger partial charge in [0.15, 0.2) is 0 Å². The third-order valence-electron chi connectivity index (χ3n) is 2.21. The number of halogens is 1. The molecule has 3 nitrogen and oxygen atoms in total. The zero-order chi connectivity index (χ0) is 10.8. The number of imidazole rings is 1. The first-order valence-corrected chi connectivity index (χ1v) is 6.24. The number of aryl methyl sites for hydroxylation is 1. The predicted octanol–water partition coefficient (Wildman–Crippen LogP) is 2.63. The zero-order valence-electron chi connectivity index (χ0n) is 8.62. The summed E-state index contributed by atoms with van der Waals surface area (Å²) < 4.78 is 3.19. The van der Waals surface area contributed by atoms with E-state index >= 15 is 0 Å². The molecule has 2 aromatic heterocycles. The molecule has 0 spiro atoms. The Hall–Kier alpha value is -0.650. The van der Waals surface area contributed by atoms with Crippen LogP contribution in [0.1, 0.15) is 5.69 Å². The summed E-state index contributed by atoms with van der Waals surface area (Å²) in [6.07, 6.45) is 1.86.